The van der Waals surface area contributed by atoms with Crippen LogP contribution in [0.5, 0.6) is 0 Å². The number of carbonyl (C=O) groups excluding carboxylic acids is 2. The number of rotatable bonds is 14. The topological polar surface area (TPSA) is 173 Å². The number of amides is 2. The van der Waals surface area contributed by atoms with E-state index < -0.39 is 42.7 Å². The molecule has 0 bridgehead atoms. The fourth-order valence-electron chi connectivity index (χ4n) is 3.18. The van der Waals surface area contributed by atoms with Gasteiger partial charge in [0.25, 0.3) is 0 Å². The first-order chi connectivity index (χ1) is 14.3. The van der Waals surface area contributed by atoms with Gasteiger partial charge in [0, 0.05) is 46.3 Å². The van der Waals surface area contributed by atoms with E-state index in [1.807, 2.05) is 0 Å². The average molecular weight is 436 g/mol. The van der Waals surface area contributed by atoms with Crippen molar-refractivity contribution in [1.29, 1.82) is 0 Å². The van der Waals surface area contributed by atoms with Crippen LogP contribution in [0.25, 0.3) is 0 Å². The minimum Gasteiger partial charge on any atom is -0.396 e. The van der Waals surface area contributed by atoms with Gasteiger partial charge in [0.05, 0.1) is 12.1 Å². The van der Waals surface area contributed by atoms with Crippen molar-refractivity contribution in [2.45, 2.75) is 75.8 Å². The third-order valence-corrected chi connectivity index (χ3v) is 4.91. The Morgan fingerprint density at radius 2 is 2.00 bits per heavy atom. The number of nitrogens with one attached hydrogen (secondary N) is 2. The minimum absolute atomic E-state index is 0.0226. The number of carbonyl (C=O) groups is 2. The molecule has 1 rings (SSSR count). The highest BCUT2D eigenvalue weighted by molar-refractivity contribution is 5.80. The maximum Gasteiger partial charge on any atom is 0.249 e. The maximum absolute atomic E-state index is 12.0. The molecule has 0 spiro atoms. The molecule has 0 saturated carbocycles. The van der Waals surface area contributed by atoms with Gasteiger partial charge in [-0.25, -0.2) is 0 Å². The molecule has 1 saturated heterocycles. The van der Waals surface area contributed by atoms with Crippen LogP contribution in [0.4, 0.5) is 0 Å². The molecule has 6 atom stereocenters. The summed E-state index contributed by atoms with van der Waals surface area (Å²) < 4.78 is 16.8. The first-order valence-corrected chi connectivity index (χ1v) is 10.4. The van der Waals surface area contributed by atoms with Crippen LogP contribution >= 0.6 is 0 Å². The summed E-state index contributed by atoms with van der Waals surface area (Å²) >= 11 is 0. The quantitative estimate of drug-likeness (QED) is 0.169. The smallest absolute Gasteiger partial charge is 0.249 e. The Hall–Kier alpha value is -1.34. The van der Waals surface area contributed by atoms with Gasteiger partial charge in [-0.3, -0.25) is 9.59 Å². The molecule has 11 nitrogen and oxygen atoms in total. The standard InChI is InChI=1S/C19H37N3O8/c1-12-15(22-18(27)13(24)7-10-23)16(26)17(28-2)19(30-12)29-11-5-3-4-6-14(25)21-9-8-20/h12-13,15-17,19,23-24,26H,3-11,20H2,1-2H3,(H,21,25)(H,22,27)/t12-,13+,15-,16+,17+,19+/m1/s1. The molecule has 1 fully saturated rings. The molecule has 176 valence electrons. The zero-order valence-corrected chi connectivity index (χ0v) is 17.8. The van der Waals surface area contributed by atoms with E-state index in [1.54, 1.807) is 6.92 Å². The lowest BCUT2D eigenvalue weighted by Gasteiger charge is -2.43. The van der Waals surface area contributed by atoms with Crippen molar-refractivity contribution in [3.8, 4) is 0 Å². The normalized spacial score (nSPS) is 27.5. The number of unbranched alkanes of at least 4 members (excludes halogenated alkanes) is 2. The van der Waals surface area contributed by atoms with Gasteiger partial charge >= 0.3 is 0 Å². The lowest BCUT2D eigenvalue weighted by molar-refractivity contribution is -0.278. The lowest BCUT2D eigenvalue weighted by Crippen LogP contribution is -2.64. The average Bonchev–Trinajstić information content (AvgIpc) is 2.72. The fourth-order valence-corrected chi connectivity index (χ4v) is 3.18. The summed E-state index contributed by atoms with van der Waals surface area (Å²) in [5, 5.41) is 34.4. The maximum atomic E-state index is 12.0. The van der Waals surface area contributed by atoms with Gasteiger partial charge in [-0.05, 0) is 19.8 Å². The summed E-state index contributed by atoms with van der Waals surface area (Å²) in [4.78, 5) is 23.5. The van der Waals surface area contributed by atoms with Crippen LogP contribution in [0.15, 0.2) is 0 Å². The summed E-state index contributed by atoms with van der Waals surface area (Å²) in [7, 11) is 1.41. The highest BCUT2D eigenvalue weighted by Gasteiger charge is 2.45. The number of methoxy groups -OCH3 is 1. The molecule has 11 heteroatoms. The third-order valence-electron chi connectivity index (χ3n) is 4.91. The first kappa shape index (κ1) is 26.7. The van der Waals surface area contributed by atoms with E-state index in [9.17, 15) is 19.8 Å². The van der Waals surface area contributed by atoms with Crippen molar-refractivity contribution in [3.63, 3.8) is 0 Å². The van der Waals surface area contributed by atoms with E-state index in [0.717, 1.165) is 12.8 Å². The van der Waals surface area contributed by atoms with Gasteiger partial charge in [0.2, 0.25) is 11.8 Å². The van der Waals surface area contributed by atoms with Crippen LogP contribution in [0.2, 0.25) is 0 Å². The van der Waals surface area contributed by atoms with E-state index in [4.69, 9.17) is 25.1 Å². The van der Waals surface area contributed by atoms with Gasteiger partial charge in [0.1, 0.15) is 18.3 Å². The fraction of sp³-hybridized carbons (Fsp3) is 0.895. The number of aliphatic hydroxyl groups excluding tert-OH is 3. The molecular weight excluding hydrogens is 398 g/mol. The molecule has 0 radical (unpaired) electrons. The van der Waals surface area contributed by atoms with E-state index in [1.165, 1.54) is 7.11 Å². The highest BCUT2D eigenvalue weighted by Crippen LogP contribution is 2.24. The Balaban J connectivity index is 2.41. The molecule has 1 aliphatic rings. The van der Waals surface area contributed by atoms with E-state index in [0.29, 0.717) is 32.5 Å². The molecule has 1 heterocycles. The molecular formula is C19H37N3O8. The van der Waals surface area contributed by atoms with Gasteiger partial charge in [0.15, 0.2) is 6.29 Å². The van der Waals surface area contributed by atoms with Crippen molar-refractivity contribution >= 4 is 11.8 Å². The molecule has 7 N–H and O–H groups in total. The Bertz CT molecular complexity index is 510. The molecule has 0 aromatic heterocycles. The predicted molar refractivity (Wildman–Crippen MR) is 107 cm³/mol. The number of aliphatic hydroxyl groups is 3. The number of nitrogens with two attached hydrogens (primary N) is 1. The zero-order valence-electron chi connectivity index (χ0n) is 17.8. The second kappa shape index (κ2) is 14.6. The summed E-state index contributed by atoms with van der Waals surface area (Å²) in [6, 6.07) is -0.803. The Morgan fingerprint density at radius 3 is 2.63 bits per heavy atom. The predicted octanol–water partition coefficient (Wildman–Crippen LogP) is -2.01. The summed E-state index contributed by atoms with van der Waals surface area (Å²) in [6.45, 7) is 2.60. The van der Waals surface area contributed by atoms with Crippen molar-refractivity contribution < 1.29 is 39.1 Å². The van der Waals surface area contributed by atoms with Crippen LogP contribution in [0.1, 0.15) is 39.0 Å². The van der Waals surface area contributed by atoms with Crippen molar-refractivity contribution in [1.82, 2.24) is 10.6 Å². The molecule has 0 aliphatic carbocycles. The highest BCUT2D eigenvalue weighted by atomic mass is 16.7. The summed E-state index contributed by atoms with van der Waals surface area (Å²) in [6.07, 6.45) is -2.17. The van der Waals surface area contributed by atoms with Gasteiger partial charge in [-0.15, -0.1) is 0 Å². The van der Waals surface area contributed by atoms with Gasteiger partial charge in [-0.1, -0.05) is 6.42 Å². The molecule has 2 amide bonds. The van der Waals surface area contributed by atoms with Crippen LogP contribution < -0.4 is 16.4 Å². The zero-order chi connectivity index (χ0) is 22.5. The first-order valence-electron chi connectivity index (χ1n) is 10.4. The van der Waals surface area contributed by atoms with Crippen LogP contribution in [-0.2, 0) is 23.8 Å². The lowest BCUT2D eigenvalue weighted by atomic mass is 9.96. The molecule has 0 unspecified atom stereocenters. The largest absolute Gasteiger partial charge is 0.396 e. The Kier molecular flexibility index (Phi) is 13.0. The number of hydrogen-bond donors (Lipinski definition) is 6. The Labute approximate surface area is 177 Å². The van der Waals surface area contributed by atoms with Crippen molar-refractivity contribution in [2.75, 3.05) is 33.4 Å². The second-order valence-corrected chi connectivity index (χ2v) is 7.28. The van der Waals surface area contributed by atoms with E-state index in [-0.39, 0.29) is 18.9 Å². The molecule has 0 aromatic rings. The number of hydrogen-bond acceptors (Lipinski definition) is 9. The van der Waals surface area contributed by atoms with Crippen molar-refractivity contribution in [3.05, 3.63) is 0 Å². The second-order valence-electron chi connectivity index (χ2n) is 7.28. The monoisotopic (exact) mass is 435 g/mol. The SMILES string of the molecule is CO[C@@H]1[C@@H](OCCCCCC(=O)NCCN)O[C@H](C)[C@@H](NC(=O)[C@@H](O)CCO)[C@@H]1O. The number of ether oxygens (including phenoxy) is 3. The van der Waals surface area contributed by atoms with E-state index in [2.05, 4.69) is 10.6 Å². The molecule has 30 heavy (non-hydrogen) atoms. The van der Waals surface area contributed by atoms with Crippen LogP contribution in [0.3, 0.4) is 0 Å². The summed E-state index contributed by atoms with van der Waals surface area (Å²) in [5.41, 5.74) is 5.33. The molecule has 1 aliphatic heterocycles. The van der Waals surface area contributed by atoms with Gasteiger partial charge < -0.3 is 45.9 Å². The summed E-state index contributed by atoms with van der Waals surface area (Å²) in [5.74, 6) is -0.723. The minimum atomic E-state index is -1.37. The van der Waals surface area contributed by atoms with Crippen LogP contribution in [-0.4, -0.2) is 97.3 Å². The van der Waals surface area contributed by atoms with Gasteiger partial charge in [-0.2, -0.15) is 0 Å². The van der Waals surface area contributed by atoms with Crippen LogP contribution in [0, 0.1) is 0 Å². The van der Waals surface area contributed by atoms with Crippen molar-refractivity contribution in [2.24, 2.45) is 5.73 Å². The van der Waals surface area contributed by atoms with E-state index >= 15 is 0 Å². The third kappa shape index (κ3) is 8.80. The Morgan fingerprint density at radius 1 is 1.27 bits per heavy atom. The molecule has 0 aromatic carbocycles.